The van der Waals surface area contributed by atoms with Crippen LogP contribution < -0.4 is 0 Å². The summed E-state index contributed by atoms with van der Waals surface area (Å²) in [6.07, 6.45) is 92.1. The highest BCUT2D eigenvalue weighted by Crippen LogP contribution is 2.16. The molecule has 1 atom stereocenters. The Labute approximate surface area is 488 Å². The van der Waals surface area contributed by atoms with Crippen molar-refractivity contribution in [3.8, 4) is 0 Å². The van der Waals surface area contributed by atoms with Crippen molar-refractivity contribution in [2.45, 2.75) is 309 Å². The van der Waals surface area contributed by atoms with Crippen LogP contribution in [0.1, 0.15) is 303 Å². The highest BCUT2D eigenvalue weighted by Gasteiger charge is 2.19. The maximum Gasteiger partial charge on any atom is 0.306 e. The van der Waals surface area contributed by atoms with Crippen LogP contribution in [0.15, 0.2) is 122 Å². The van der Waals surface area contributed by atoms with Crippen molar-refractivity contribution < 1.29 is 28.6 Å². The number of rotatable bonds is 59. The van der Waals surface area contributed by atoms with E-state index in [1.807, 2.05) is 0 Å². The molecule has 0 amide bonds. The Morgan fingerprint density at radius 1 is 0.266 bits per heavy atom. The zero-order chi connectivity index (χ0) is 57.1. The number of carbonyl (C=O) groups is 3. The maximum absolute atomic E-state index is 12.9. The first-order valence-electron chi connectivity index (χ1n) is 33.0. The van der Waals surface area contributed by atoms with Crippen molar-refractivity contribution in [3.05, 3.63) is 122 Å². The van der Waals surface area contributed by atoms with Crippen molar-refractivity contribution in [1.82, 2.24) is 0 Å². The van der Waals surface area contributed by atoms with E-state index in [-0.39, 0.29) is 31.1 Å². The van der Waals surface area contributed by atoms with Gasteiger partial charge in [0.05, 0.1) is 0 Å². The van der Waals surface area contributed by atoms with Crippen LogP contribution in [0, 0.1) is 0 Å². The monoisotopic (exact) mass is 1090 g/mol. The van der Waals surface area contributed by atoms with Gasteiger partial charge in [0.1, 0.15) is 13.2 Å². The van der Waals surface area contributed by atoms with Crippen molar-refractivity contribution >= 4 is 17.9 Å². The zero-order valence-electron chi connectivity index (χ0n) is 51.6. The van der Waals surface area contributed by atoms with Gasteiger partial charge in [-0.25, -0.2) is 0 Å². The molecule has 0 heterocycles. The molecule has 0 saturated carbocycles. The molecule has 0 aromatic rings. The van der Waals surface area contributed by atoms with Gasteiger partial charge in [0.25, 0.3) is 0 Å². The molecule has 0 bridgehead atoms. The summed E-state index contributed by atoms with van der Waals surface area (Å²) < 4.78 is 16.9. The summed E-state index contributed by atoms with van der Waals surface area (Å²) in [5, 5.41) is 0. The summed E-state index contributed by atoms with van der Waals surface area (Å²) in [4.78, 5) is 38.3. The highest BCUT2D eigenvalue weighted by atomic mass is 16.6. The van der Waals surface area contributed by atoms with Gasteiger partial charge in [0.15, 0.2) is 6.10 Å². The average molecular weight is 1100 g/mol. The largest absolute Gasteiger partial charge is 0.462 e. The van der Waals surface area contributed by atoms with Gasteiger partial charge >= 0.3 is 17.9 Å². The van der Waals surface area contributed by atoms with Gasteiger partial charge < -0.3 is 14.2 Å². The molecule has 79 heavy (non-hydrogen) atoms. The standard InChI is InChI=1S/C73H122O6/c1-4-7-10-13-16-19-22-25-28-30-32-33-34-35-36-37-38-39-41-42-45-48-51-54-57-60-63-66-72(75)78-69-70(68-77-71(74)65-62-59-56-53-50-47-44-27-24-21-18-15-12-9-6-3)79-73(76)67-64-61-58-55-52-49-46-43-40-31-29-26-23-20-17-14-11-8-5-2/h7,10,16,18-19,21,25,27-28,32-33,35-36,38-39,42,44-45,51,54,70H,4-6,8-9,11-15,17,20,22-24,26,29-31,34,37,40-41,43,46-50,52-53,55-69H2,1-3H3/b10-7-,19-16-,21-18-,28-25-,33-32-,36-35-,39-38-,44-27-,45-42-,54-51-. The lowest BCUT2D eigenvalue weighted by atomic mass is 10.0. The number of esters is 3. The summed E-state index contributed by atoms with van der Waals surface area (Å²) in [5.41, 5.74) is 0. The fourth-order valence-electron chi connectivity index (χ4n) is 9.02. The molecule has 0 aliphatic rings. The van der Waals surface area contributed by atoms with Gasteiger partial charge in [-0.05, 0) is 116 Å². The van der Waals surface area contributed by atoms with Crippen LogP contribution >= 0.6 is 0 Å². The minimum atomic E-state index is -0.805. The van der Waals surface area contributed by atoms with E-state index >= 15 is 0 Å². The lowest BCUT2D eigenvalue weighted by Crippen LogP contribution is -2.30. The minimum Gasteiger partial charge on any atom is -0.462 e. The van der Waals surface area contributed by atoms with E-state index < -0.39 is 6.10 Å². The van der Waals surface area contributed by atoms with Crippen molar-refractivity contribution in [1.29, 1.82) is 0 Å². The third-order valence-corrected chi connectivity index (χ3v) is 14.0. The first-order chi connectivity index (χ1) is 39.0. The van der Waals surface area contributed by atoms with Crippen LogP contribution in [0.25, 0.3) is 0 Å². The molecule has 0 N–H and O–H groups in total. The van der Waals surface area contributed by atoms with Crippen LogP contribution in [0.2, 0.25) is 0 Å². The lowest BCUT2D eigenvalue weighted by molar-refractivity contribution is -0.167. The fourth-order valence-corrected chi connectivity index (χ4v) is 9.02. The molecule has 6 heteroatoms. The van der Waals surface area contributed by atoms with Crippen LogP contribution in [0.3, 0.4) is 0 Å². The third kappa shape index (κ3) is 64.5. The topological polar surface area (TPSA) is 78.9 Å². The fraction of sp³-hybridized carbons (Fsp3) is 0.685. The quantitative estimate of drug-likeness (QED) is 0.0261. The van der Waals surface area contributed by atoms with E-state index in [1.54, 1.807) is 0 Å². The van der Waals surface area contributed by atoms with E-state index in [0.717, 1.165) is 128 Å². The molecule has 0 aromatic heterocycles. The van der Waals surface area contributed by atoms with Gasteiger partial charge in [-0.15, -0.1) is 0 Å². The molecule has 0 radical (unpaired) electrons. The number of ether oxygens (including phenoxy) is 3. The van der Waals surface area contributed by atoms with Crippen molar-refractivity contribution in [3.63, 3.8) is 0 Å². The number of hydrogen-bond acceptors (Lipinski definition) is 6. The lowest BCUT2D eigenvalue weighted by Gasteiger charge is -2.18. The second-order valence-electron chi connectivity index (χ2n) is 21.6. The maximum atomic E-state index is 12.9. The summed E-state index contributed by atoms with van der Waals surface area (Å²) in [5.74, 6) is -0.948. The summed E-state index contributed by atoms with van der Waals surface area (Å²) in [6.45, 7) is 6.48. The predicted octanol–water partition coefficient (Wildman–Crippen LogP) is 22.8. The smallest absolute Gasteiger partial charge is 0.306 e. The normalized spacial score (nSPS) is 12.9. The van der Waals surface area contributed by atoms with E-state index in [4.69, 9.17) is 14.2 Å². The number of carbonyl (C=O) groups excluding carboxylic acids is 3. The molecule has 6 nitrogen and oxygen atoms in total. The average Bonchev–Trinajstić information content (AvgIpc) is 3.45. The third-order valence-electron chi connectivity index (χ3n) is 14.0. The molecule has 450 valence electrons. The molecule has 0 aromatic carbocycles. The predicted molar refractivity (Wildman–Crippen MR) is 343 cm³/mol. The van der Waals surface area contributed by atoms with Gasteiger partial charge in [-0.3, -0.25) is 14.4 Å². The van der Waals surface area contributed by atoms with E-state index in [9.17, 15) is 14.4 Å². The molecular weight excluding hydrogens is 973 g/mol. The molecule has 0 spiro atoms. The van der Waals surface area contributed by atoms with Gasteiger partial charge in [0, 0.05) is 19.3 Å². The van der Waals surface area contributed by atoms with Crippen LogP contribution in [-0.2, 0) is 28.6 Å². The van der Waals surface area contributed by atoms with Gasteiger partial charge in [0.2, 0.25) is 0 Å². The molecule has 0 saturated heterocycles. The van der Waals surface area contributed by atoms with Crippen LogP contribution in [0.5, 0.6) is 0 Å². The molecule has 0 rings (SSSR count). The van der Waals surface area contributed by atoms with Gasteiger partial charge in [-0.1, -0.05) is 290 Å². The van der Waals surface area contributed by atoms with Crippen LogP contribution in [0.4, 0.5) is 0 Å². The van der Waals surface area contributed by atoms with Gasteiger partial charge in [-0.2, -0.15) is 0 Å². The Morgan fingerprint density at radius 3 is 0.823 bits per heavy atom. The summed E-state index contributed by atoms with van der Waals surface area (Å²) in [6, 6.07) is 0. The van der Waals surface area contributed by atoms with E-state index in [2.05, 4.69) is 142 Å². The summed E-state index contributed by atoms with van der Waals surface area (Å²) in [7, 11) is 0. The van der Waals surface area contributed by atoms with Crippen molar-refractivity contribution in [2.75, 3.05) is 13.2 Å². The molecule has 0 aliphatic carbocycles. The summed E-state index contributed by atoms with van der Waals surface area (Å²) >= 11 is 0. The number of allylic oxidation sites excluding steroid dienone is 20. The molecule has 1 unspecified atom stereocenters. The SMILES string of the molecule is CC/C=C\C/C=C\C/C=C\C/C=C\C/C=C\C/C=C\C/C=C\C/C=C\CCCCC(=O)OCC(COC(=O)CCCCCCC/C=C\C/C=C\CCCCC)OC(=O)CCCCCCCCCCCCCCCCCCCCC. The Balaban J connectivity index is 4.45. The zero-order valence-corrected chi connectivity index (χ0v) is 51.6. The van der Waals surface area contributed by atoms with E-state index in [0.29, 0.717) is 25.7 Å². The molecule has 0 fully saturated rings. The Bertz CT molecular complexity index is 1640. The Morgan fingerprint density at radius 2 is 0.494 bits per heavy atom. The highest BCUT2D eigenvalue weighted by molar-refractivity contribution is 5.71. The number of unbranched alkanes of at least 4 members (excludes halogenated alkanes) is 28. The second kappa shape index (κ2) is 66.3. The minimum absolute atomic E-state index is 0.0993. The van der Waals surface area contributed by atoms with Crippen LogP contribution in [-0.4, -0.2) is 37.2 Å². The second-order valence-corrected chi connectivity index (χ2v) is 21.6. The first-order valence-corrected chi connectivity index (χ1v) is 33.0. The van der Waals surface area contributed by atoms with Crippen molar-refractivity contribution in [2.24, 2.45) is 0 Å². The van der Waals surface area contributed by atoms with E-state index in [1.165, 1.54) is 128 Å². The Hall–Kier alpha value is -4.19. The molecule has 0 aliphatic heterocycles. The Kier molecular flexibility index (Phi) is 62.8. The molecular formula is C73H122O6. The number of hydrogen-bond donors (Lipinski definition) is 0. The first kappa shape index (κ1) is 74.8.